The molecule has 0 atom stereocenters. The predicted octanol–water partition coefficient (Wildman–Crippen LogP) is 5.10. The molecule has 4 rings (SSSR count). The van der Waals surface area contributed by atoms with Crippen molar-refractivity contribution >= 4 is 28.8 Å². The van der Waals surface area contributed by atoms with Gasteiger partial charge in [0.1, 0.15) is 11.5 Å². The van der Waals surface area contributed by atoms with Gasteiger partial charge in [-0.15, -0.1) is 11.3 Å². The fourth-order valence-corrected chi connectivity index (χ4v) is 4.62. The first-order valence-electron chi connectivity index (χ1n) is 9.55. The number of thiophene rings is 1. The second-order valence-corrected chi connectivity index (χ2v) is 9.04. The molecule has 1 saturated heterocycles. The number of alkyl halides is 2. The molecule has 3 aromatic rings. The van der Waals surface area contributed by atoms with E-state index in [0.29, 0.717) is 19.6 Å². The van der Waals surface area contributed by atoms with Crippen LogP contribution in [-0.4, -0.2) is 39.7 Å². The maximum absolute atomic E-state index is 14.5. The van der Waals surface area contributed by atoms with Crippen LogP contribution < -0.4 is 5.32 Å². The van der Waals surface area contributed by atoms with Crippen molar-refractivity contribution in [2.45, 2.75) is 31.2 Å². The molecule has 1 aliphatic heterocycles. The average Bonchev–Trinajstić information content (AvgIpc) is 3.36. The van der Waals surface area contributed by atoms with E-state index in [0.717, 1.165) is 33.6 Å². The van der Waals surface area contributed by atoms with Crippen LogP contribution in [0.25, 0.3) is 0 Å². The lowest BCUT2D eigenvalue weighted by Gasteiger charge is -2.33. The number of H-pyrrole nitrogens is 1. The number of hydrogen-bond donors (Lipinski definition) is 2. The summed E-state index contributed by atoms with van der Waals surface area (Å²) in [4.78, 5) is 6.78. The van der Waals surface area contributed by atoms with E-state index in [9.17, 15) is 8.78 Å². The molecule has 3 aromatic heterocycles. The Balaban J connectivity index is 1.28. The van der Waals surface area contributed by atoms with Crippen LogP contribution in [0.4, 0.5) is 14.6 Å². The molecule has 0 spiro atoms. The first kappa shape index (κ1) is 20.3. The summed E-state index contributed by atoms with van der Waals surface area (Å²) >= 11 is 7.49. The lowest BCUT2D eigenvalue weighted by molar-refractivity contribution is -0.0463. The van der Waals surface area contributed by atoms with Crippen LogP contribution in [0.5, 0.6) is 0 Å². The van der Waals surface area contributed by atoms with Crippen molar-refractivity contribution in [2.75, 3.05) is 25.0 Å². The number of nitrogens with zero attached hydrogens (tertiary/aromatic N) is 3. The molecule has 5 nitrogen and oxygen atoms in total. The van der Waals surface area contributed by atoms with Gasteiger partial charge in [-0.3, -0.25) is 15.0 Å². The van der Waals surface area contributed by atoms with E-state index in [1.807, 2.05) is 23.1 Å². The number of nitrogens with one attached hydrogen (secondary N) is 2. The van der Waals surface area contributed by atoms with E-state index in [2.05, 4.69) is 20.5 Å². The zero-order valence-corrected chi connectivity index (χ0v) is 17.3. The molecular weight excluding hydrogens is 416 g/mol. The second-order valence-electron chi connectivity index (χ2n) is 7.24. The van der Waals surface area contributed by atoms with Crippen LogP contribution in [0.1, 0.15) is 35.0 Å². The molecule has 0 unspecified atom stereocenters. The number of aromatic nitrogens is 3. The minimum Gasteiger partial charge on any atom is -0.366 e. The van der Waals surface area contributed by atoms with E-state index in [4.69, 9.17) is 11.6 Å². The summed E-state index contributed by atoms with van der Waals surface area (Å²) in [7, 11) is 0. The zero-order valence-electron chi connectivity index (χ0n) is 15.7. The molecule has 1 fully saturated rings. The maximum atomic E-state index is 14.5. The highest BCUT2D eigenvalue weighted by Crippen LogP contribution is 2.32. The molecule has 0 bridgehead atoms. The van der Waals surface area contributed by atoms with Crippen molar-refractivity contribution in [3.8, 4) is 0 Å². The van der Waals surface area contributed by atoms with Crippen molar-refractivity contribution in [3.05, 3.63) is 63.2 Å². The average molecular weight is 438 g/mol. The van der Waals surface area contributed by atoms with Crippen molar-refractivity contribution in [1.29, 1.82) is 0 Å². The van der Waals surface area contributed by atoms with Crippen molar-refractivity contribution in [3.63, 3.8) is 0 Å². The molecule has 0 amide bonds. The van der Waals surface area contributed by atoms with Gasteiger partial charge in [-0.05, 0) is 50.2 Å². The summed E-state index contributed by atoms with van der Waals surface area (Å²) in [5.41, 5.74) is 0.810. The van der Waals surface area contributed by atoms with Gasteiger partial charge in [-0.1, -0.05) is 17.7 Å². The fourth-order valence-electron chi connectivity index (χ4n) is 3.59. The number of rotatable bonds is 7. The minimum absolute atomic E-state index is 0.169. The van der Waals surface area contributed by atoms with Gasteiger partial charge in [0, 0.05) is 23.1 Å². The Morgan fingerprint density at radius 1 is 1.24 bits per heavy atom. The topological polar surface area (TPSA) is 56.8 Å². The summed E-state index contributed by atoms with van der Waals surface area (Å²) in [6.07, 6.45) is 3.03. The number of piperidine rings is 1. The lowest BCUT2D eigenvalue weighted by Crippen LogP contribution is -2.40. The summed E-state index contributed by atoms with van der Waals surface area (Å²) in [5.74, 6) is -1.81. The third-order valence-electron chi connectivity index (χ3n) is 5.15. The van der Waals surface area contributed by atoms with Crippen LogP contribution in [0.15, 0.2) is 42.6 Å². The number of pyridine rings is 1. The van der Waals surface area contributed by atoms with Crippen LogP contribution in [0.2, 0.25) is 4.34 Å². The number of likely N-dealkylation sites (tertiary alicyclic amines) is 1. The monoisotopic (exact) mass is 437 g/mol. The van der Waals surface area contributed by atoms with E-state index in [-0.39, 0.29) is 18.2 Å². The summed E-state index contributed by atoms with van der Waals surface area (Å²) in [6, 6.07) is 10.5. The molecule has 1 aliphatic rings. The Kier molecular flexibility index (Phi) is 6.12. The van der Waals surface area contributed by atoms with Crippen LogP contribution in [-0.2, 0) is 12.5 Å². The first-order chi connectivity index (χ1) is 14.0. The molecule has 29 heavy (non-hydrogen) atoms. The zero-order chi connectivity index (χ0) is 20.3. The van der Waals surface area contributed by atoms with Gasteiger partial charge >= 0.3 is 5.92 Å². The third-order valence-corrected chi connectivity index (χ3v) is 6.38. The Morgan fingerprint density at radius 2 is 2.07 bits per heavy atom. The largest absolute Gasteiger partial charge is 0.366 e. The smallest absolute Gasteiger partial charge is 0.302 e. The molecule has 0 radical (unpaired) electrons. The van der Waals surface area contributed by atoms with Crippen molar-refractivity contribution in [1.82, 2.24) is 20.1 Å². The van der Waals surface area contributed by atoms with Crippen LogP contribution >= 0.6 is 22.9 Å². The molecule has 0 aliphatic carbocycles. The number of anilines is 1. The van der Waals surface area contributed by atoms with Gasteiger partial charge < -0.3 is 5.32 Å². The minimum atomic E-state index is -2.94. The van der Waals surface area contributed by atoms with Gasteiger partial charge in [0.25, 0.3) is 0 Å². The highest BCUT2D eigenvalue weighted by Gasteiger charge is 2.36. The maximum Gasteiger partial charge on any atom is 0.302 e. The first-order valence-corrected chi connectivity index (χ1v) is 10.7. The van der Waals surface area contributed by atoms with E-state index >= 15 is 0 Å². The van der Waals surface area contributed by atoms with Gasteiger partial charge in [-0.25, -0.2) is 0 Å². The highest BCUT2D eigenvalue weighted by atomic mass is 35.5. The second kappa shape index (κ2) is 8.77. The molecule has 9 heteroatoms. The fraction of sp³-hybridized carbons (Fsp3) is 0.400. The van der Waals surface area contributed by atoms with Gasteiger partial charge in [-0.2, -0.15) is 13.9 Å². The summed E-state index contributed by atoms with van der Waals surface area (Å²) in [5, 5.41) is 10.7. The Labute approximate surface area is 177 Å². The van der Waals surface area contributed by atoms with E-state index in [1.165, 1.54) is 12.3 Å². The Morgan fingerprint density at radius 3 is 2.76 bits per heavy atom. The van der Waals surface area contributed by atoms with Gasteiger partial charge in [0.2, 0.25) is 0 Å². The Bertz CT molecular complexity index is 922. The number of aromatic amines is 1. The molecule has 0 saturated carbocycles. The lowest BCUT2D eigenvalue weighted by atomic mass is 9.93. The van der Waals surface area contributed by atoms with E-state index in [1.54, 1.807) is 23.5 Å². The predicted molar refractivity (Wildman–Crippen MR) is 112 cm³/mol. The van der Waals surface area contributed by atoms with E-state index < -0.39 is 5.92 Å². The highest BCUT2D eigenvalue weighted by molar-refractivity contribution is 7.16. The molecule has 4 heterocycles. The number of hydrogen-bond acceptors (Lipinski definition) is 5. The molecule has 2 N–H and O–H groups in total. The van der Waals surface area contributed by atoms with Crippen LogP contribution in [0.3, 0.4) is 0 Å². The third kappa shape index (κ3) is 5.12. The Hall–Kier alpha value is -2.03. The molecule has 0 aromatic carbocycles. The summed E-state index contributed by atoms with van der Waals surface area (Å²) < 4.78 is 29.7. The quantitative estimate of drug-likeness (QED) is 0.539. The molecular formula is C20H22ClF2N5S. The van der Waals surface area contributed by atoms with Crippen molar-refractivity contribution in [2.24, 2.45) is 0 Å². The summed E-state index contributed by atoms with van der Waals surface area (Å²) in [6.45, 7) is 1.63. The SMILES string of the molecule is FC(F)(CN1CCC(c2cc(NCc3ccc(Cl)s3)[nH]n2)CC1)c1ccccn1. The number of halogens is 3. The normalized spacial score (nSPS) is 16.2. The van der Waals surface area contributed by atoms with Gasteiger partial charge in [0.15, 0.2) is 0 Å². The van der Waals surface area contributed by atoms with Gasteiger partial charge in [0.05, 0.1) is 23.1 Å². The van der Waals surface area contributed by atoms with Crippen LogP contribution in [0, 0.1) is 0 Å². The molecule has 154 valence electrons. The standard InChI is InChI=1S/C20H22ClF2N5S/c21-18-5-4-15(29-18)12-25-19-11-16(26-27-19)14-6-9-28(10-7-14)13-20(22,23)17-3-1-2-8-24-17/h1-5,8,11,14H,6-7,9-10,12-13H2,(H2,25,26,27). The van der Waals surface area contributed by atoms with Crippen molar-refractivity contribution < 1.29 is 8.78 Å².